The van der Waals surface area contributed by atoms with Crippen LogP contribution in [0.3, 0.4) is 0 Å². The number of aryl methyl sites for hydroxylation is 1. The summed E-state index contributed by atoms with van der Waals surface area (Å²) in [5.74, 6) is 0.888. The van der Waals surface area contributed by atoms with Crippen LogP contribution in [0.25, 0.3) is 0 Å². The van der Waals surface area contributed by atoms with E-state index in [-0.39, 0.29) is 12.6 Å². The molecular formula is C16H23N5O2. The molecule has 1 aromatic heterocycles. The van der Waals surface area contributed by atoms with Gasteiger partial charge < -0.3 is 20.3 Å². The molecule has 23 heavy (non-hydrogen) atoms. The maximum Gasteiger partial charge on any atom is 0.314 e. The van der Waals surface area contributed by atoms with E-state index >= 15 is 0 Å². The van der Waals surface area contributed by atoms with Gasteiger partial charge in [-0.25, -0.2) is 4.79 Å². The van der Waals surface area contributed by atoms with E-state index in [1.165, 1.54) is 0 Å². The Balaban J connectivity index is 1.75. The molecule has 0 radical (unpaired) electrons. The lowest BCUT2D eigenvalue weighted by Gasteiger charge is -2.24. The number of carbonyl (C=O) groups excluding carboxylic acids is 1. The first-order chi connectivity index (χ1) is 11.0. The Labute approximate surface area is 135 Å². The molecule has 0 aliphatic carbocycles. The van der Waals surface area contributed by atoms with Crippen molar-refractivity contribution in [2.45, 2.75) is 32.4 Å². The third-order valence-corrected chi connectivity index (χ3v) is 3.64. The van der Waals surface area contributed by atoms with E-state index in [9.17, 15) is 9.90 Å². The summed E-state index contributed by atoms with van der Waals surface area (Å²) < 4.78 is 1.90. The highest BCUT2D eigenvalue weighted by Crippen LogP contribution is 2.18. The summed E-state index contributed by atoms with van der Waals surface area (Å²) in [4.78, 5) is 11.8. The van der Waals surface area contributed by atoms with Crippen molar-refractivity contribution in [2.75, 3.05) is 13.1 Å². The number of nitrogens with one attached hydrogen (secondary N) is 2. The number of benzene rings is 1. The molecule has 0 spiro atoms. The number of amides is 2. The summed E-state index contributed by atoms with van der Waals surface area (Å²) in [6.07, 6.45) is 2.45. The van der Waals surface area contributed by atoms with E-state index in [1.54, 1.807) is 13.3 Å². The maximum absolute atomic E-state index is 11.8. The first-order valence-corrected chi connectivity index (χ1v) is 7.69. The highest BCUT2D eigenvalue weighted by atomic mass is 16.3. The van der Waals surface area contributed by atoms with E-state index in [1.807, 2.05) is 41.8 Å². The SMILES string of the molecule is CCc1nncn1CCNC(=O)NCC(C)(O)c1ccccc1. The largest absolute Gasteiger partial charge is 0.384 e. The molecule has 1 heterocycles. The smallest absolute Gasteiger partial charge is 0.314 e. The normalized spacial score (nSPS) is 13.3. The summed E-state index contributed by atoms with van der Waals surface area (Å²) in [5.41, 5.74) is -0.347. The summed E-state index contributed by atoms with van der Waals surface area (Å²) in [6.45, 7) is 4.89. The predicted octanol–water partition coefficient (Wildman–Crippen LogP) is 1.05. The van der Waals surface area contributed by atoms with Crippen molar-refractivity contribution in [2.24, 2.45) is 0 Å². The van der Waals surface area contributed by atoms with Gasteiger partial charge in [-0.2, -0.15) is 0 Å². The Kier molecular flexibility index (Phi) is 5.70. The predicted molar refractivity (Wildman–Crippen MR) is 86.8 cm³/mol. The van der Waals surface area contributed by atoms with Gasteiger partial charge in [0.2, 0.25) is 0 Å². The Morgan fingerprint density at radius 2 is 2.04 bits per heavy atom. The number of hydrogen-bond acceptors (Lipinski definition) is 4. The van der Waals surface area contributed by atoms with E-state index in [4.69, 9.17) is 0 Å². The fourth-order valence-corrected chi connectivity index (χ4v) is 2.24. The van der Waals surface area contributed by atoms with E-state index in [2.05, 4.69) is 20.8 Å². The van der Waals surface area contributed by atoms with Crippen LogP contribution >= 0.6 is 0 Å². The van der Waals surface area contributed by atoms with Gasteiger partial charge in [0.1, 0.15) is 17.8 Å². The summed E-state index contributed by atoms with van der Waals surface area (Å²) >= 11 is 0. The van der Waals surface area contributed by atoms with E-state index in [0.29, 0.717) is 13.1 Å². The number of urea groups is 1. The van der Waals surface area contributed by atoms with Gasteiger partial charge in [-0.1, -0.05) is 37.3 Å². The molecule has 7 nitrogen and oxygen atoms in total. The highest BCUT2D eigenvalue weighted by Gasteiger charge is 2.23. The number of hydrogen-bond donors (Lipinski definition) is 3. The minimum Gasteiger partial charge on any atom is -0.384 e. The number of nitrogens with zero attached hydrogens (tertiary/aromatic N) is 3. The second-order valence-electron chi connectivity index (χ2n) is 5.54. The van der Waals surface area contributed by atoms with Gasteiger partial charge in [-0.15, -0.1) is 10.2 Å². The third-order valence-electron chi connectivity index (χ3n) is 3.64. The second kappa shape index (κ2) is 7.73. The molecule has 2 rings (SSSR count). The van der Waals surface area contributed by atoms with Gasteiger partial charge in [0.15, 0.2) is 0 Å². The Morgan fingerprint density at radius 3 is 2.74 bits per heavy atom. The van der Waals surface area contributed by atoms with Crippen molar-refractivity contribution in [1.29, 1.82) is 0 Å². The van der Waals surface area contributed by atoms with Gasteiger partial charge in [0.25, 0.3) is 0 Å². The molecule has 0 bridgehead atoms. The van der Waals surface area contributed by atoms with Gasteiger partial charge in [0, 0.05) is 19.5 Å². The first-order valence-electron chi connectivity index (χ1n) is 7.69. The topological polar surface area (TPSA) is 92.1 Å². The molecule has 2 aromatic rings. The number of aromatic nitrogens is 3. The summed E-state index contributed by atoms with van der Waals surface area (Å²) in [5, 5.41) is 23.7. The average Bonchev–Trinajstić information content (AvgIpc) is 3.01. The zero-order chi connectivity index (χ0) is 16.7. The number of aliphatic hydroxyl groups is 1. The molecule has 124 valence electrons. The molecule has 1 unspecified atom stereocenters. The molecule has 3 N–H and O–H groups in total. The van der Waals surface area contributed by atoms with Crippen LogP contribution < -0.4 is 10.6 Å². The summed E-state index contributed by atoms with van der Waals surface area (Å²) in [6, 6.07) is 8.95. The van der Waals surface area contributed by atoms with Crippen LogP contribution in [-0.4, -0.2) is 39.0 Å². The highest BCUT2D eigenvalue weighted by molar-refractivity contribution is 5.73. The third kappa shape index (κ3) is 4.79. The minimum atomic E-state index is -1.11. The molecule has 1 atom stereocenters. The lowest BCUT2D eigenvalue weighted by atomic mass is 9.96. The zero-order valence-corrected chi connectivity index (χ0v) is 13.5. The van der Waals surface area contributed by atoms with Crippen LogP contribution in [-0.2, 0) is 18.6 Å². The lowest BCUT2D eigenvalue weighted by Crippen LogP contribution is -2.44. The van der Waals surface area contributed by atoms with Crippen molar-refractivity contribution >= 4 is 6.03 Å². The molecule has 0 aliphatic rings. The molecule has 0 aliphatic heterocycles. The number of carbonyl (C=O) groups is 1. The van der Waals surface area contributed by atoms with Crippen LogP contribution in [0.15, 0.2) is 36.7 Å². The average molecular weight is 317 g/mol. The monoisotopic (exact) mass is 317 g/mol. The zero-order valence-electron chi connectivity index (χ0n) is 13.5. The minimum absolute atomic E-state index is 0.135. The van der Waals surface area contributed by atoms with Crippen molar-refractivity contribution in [1.82, 2.24) is 25.4 Å². The van der Waals surface area contributed by atoms with Crippen LogP contribution in [0.4, 0.5) is 4.79 Å². The van der Waals surface area contributed by atoms with Gasteiger partial charge in [0.05, 0.1) is 6.54 Å². The standard InChI is InChI=1S/C16H23N5O2/c1-3-14-20-19-12-21(14)10-9-17-15(22)18-11-16(2,23)13-7-5-4-6-8-13/h4-8,12,23H,3,9-11H2,1-2H3,(H2,17,18,22). The van der Waals surface area contributed by atoms with Crippen molar-refractivity contribution in [3.05, 3.63) is 48.0 Å². The maximum atomic E-state index is 11.8. The molecule has 2 amide bonds. The lowest BCUT2D eigenvalue weighted by molar-refractivity contribution is 0.0594. The molecule has 1 aromatic carbocycles. The van der Waals surface area contributed by atoms with Crippen molar-refractivity contribution in [3.63, 3.8) is 0 Å². The van der Waals surface area contributed by atoms with Crippen LogP contribution in [0.5, 0.6) is 0 Å². The summed E-state index contributed by atoms with van der Waals surface area (Å²) in [7, 11) is 0. The fraction of sp³-hybridized carbons (Fsp3) is 0.438. The van der Waals surface area contributed by atoms with E-state index < -0.39 is 5.60 Å². The van der Waals surface area contributed by atoms with Crippen molar-refractivity contribution in [3.8, 4) is 0 Å². The van der Waals surface area contributed by atoms with Crippen LogP contribution in [0, 0.1) is 0 Å². The molecule has 0 saturated heterocycles. The Bertz CT molecular complexity index is 624. The second-order valence-corrected chi connectivity index (χ2v) is 5.54. The van der Waals surface area contributed by atoms with Gasteiger partial charge >= 0.3 is 6.03 Å². The molecule has 7 heteroatoms. The van der Waals surface area contributed by atoms with Crippen LogP contribution in [0.1, 0.15) is 25.2 Å². The van der Waals surface area contributed by atoms with Crippen molar-refractivity contribution < 1.29 is 9.90 Å². The quantitative estimate of drug-likeness (QED) is 0.711. The fourth-order valence-electron chi connectivity index (χ4n) is 2.24. The Hall–Kier alpha value is -2.41. The first kappa shape index (κ1) is 17.0. The van der Waals surface area contributed by atoms with Crippen LogP contribution in [0.2, 0.25) is 0 Å². The van der Waals surface area contributed by atoms with Gasteiger partial charge in [-0.05, 0) is 12.5 Å². The molecular weight excluding hydrogens is 294 g/mol. The van der Waals surface area contributed by atoms with E-state index in [0.717, 1.165) is 17.8 Å². The molecule has 0 saturated carbocycles. The molecule has 0 fully saturated rings. The number of rotatable bonds is 7. The Morgan fingerprint density at radius 1 is 1.30 bits per heavy atom. The van der Waals surface area contributed by atoms with Gasteiger partial charge in [-0.3, -0.25) is 0 Å².